The zero-order chi connectivity index (χ0) is 14.7. The van der Waals surface area contributed by atoms with Gasteiger partial charge in [0, 0.05) is 31.4 Å². The molecule has 1 amide bonds. The highest BCUT2D eigenvalue weighted by Crippen LogP contribution is 2.24. The van der Waals surface area contributed by atoms with Gasteiger partial charge in [0.05, 0.1) is 12.7 Å². The number of benzene rings is 1. The molecule has 1 atom stereocenters. The molecule has 110 valence electrons. The quantitative estimate of drug-likeness (QED) is 0.849. The minimum atomic E-state index is -0.0119. The molecule has 0 spiro atoms. The third kappa shape index (κ3) is 3.04. The molecule has 0 aromatic heterocycles. The summed E-state index contributed by atoms with van der Waals surface area (Å²) < 4.78 is 5.27. The first-order valence-electron chi connectivity index (χ1n) is 6.92. The van der Waals surface area contributed by atoms with Gasteiger partial charge < -0.3 is 20.3 Å². The number of nitrogen functional groups attached to an aromatic ring is 1. The first-order chi connectivity index (χ1) is 9.52. The maximum absolute atomic E-state index is 12.6. The lowest BCUT2D eigenvalue weighted by Gasteiger charge is -2.36. The molecule has 1 heterocycles. The number of nitrogens with two attached hydrogens (primary N) is 1. The van der Waals surface area contributed by atoms with Crippen molar-refractivity contribution in [3.63, 3.8) is 0 Å². The molecule has 0 bridgehead atoms. The van der Waals surface area contributed by atoms with Gasteiger partial charge in [-0.3, -0.25) is 4.79 Å². The van der Waals surface area contributed by atoms with Crippen molar-refractivity contribution in [2.45, 2.75) is 18.9 Å². The highest BCUT2D eigenvalue weighted by Gasteiger charge is 2.26. The molecule has 1 aromatic carbocycles. The van der Waals surface area contributed by atoms with Crippen LogP contribution in [0.25, 0.3) is 0 Å². The van der Waals surface area contributed by atoms with Gasteiger partial charge in [-0.1, -0.05) is 0 Å². The molecule has 1 aromatic rings. The summed E-state index contributed by atoms with van der Waals surface area (Å²) in [5.74, 6) is 0.521. The van der Waals surface area contributed by atoms with Crippen LogP contribution in [-0.2, 0) is 0 Å². The van der Waals surface area contributed by atoms with Crippen LogP contribution < -0.4 is 10.5 Å². The van der Waals surface area contributed by atoms with Crippen LogP contribution in [0.4, 0.5) is 5.69 Å². The van der Waals surface area contributed by atoms with E-state index in [9.17, 15) is 4.79 Å². The summed E-state index contributed by atoms with van der Waals surface area (Å²) in [5, 5.41) is 0. The number of likely N-dealkylation sites (N-methyl/N-ethyl adjacent to an activating group) is 2. The first-order valence-corrected chi connectivity index (χ1v) is 6.92. The van der Waals surface area contributed by atoms with Crippen molar-refractivity contribution in [1.82, 2.24) is 9.80 Å². The predicted octanol–water partition coefficient (Wildman–Crippen LogP) is 1.44. The minimum Gasteiger partial charge on any atom is -0.496 e. The molecule has 1 aliphatic heterocycles. The predicted molar refractivity (Wildman–Crippen MR) is 80.0 cm³/mol. The van der Waals surface area contributed by atoms with Crippen molar-refractivity contribution in [1.29, 1.82) is 0 Å². The van der Waals surface area contributed by atoms with Crippen molar-refractivity contribution in [2.75, 3.05) is 40.0 Å². The smallest absolute Gasteiger partial charge is 0.257 e. The number of rotatable bonds is 3. The molecule has 1 fully saturated rings. The van der Waals surface area contributed by atoms with E-state index >= 15 is 0 Å². The number of piperidine rings is 1. The molecule has 1 unspecified atom stereocenters. The normalized spacial score (nSPS) is 19.6. The maximum atomic E-state index is 12.6. The Morgan fingerprint density at radius 1 is 1.50 bits per heavy atom. The van der Waals surface area contributed by atoms with Crippen molar-refractivity contribution in [2.24, 2.45) is 0 Å². The van der Waals surface area contributed by atoms with Crippen LogP contribution in [0, 0.1) is 0 Å². The summed E-state index contributed by atoms with van der Waals surface area (Å²) in [6.45, 7) is 2.02. The van der Waals surface area contributed by atoms with E-state index in [-0.39, 0.29) is 11.9 Å². The Labute approximate surface area is 120 Å². The van der Waals surface area contributed by atoms with Gasteiger partial charge in [0.1, 0.15) is 5.75 Å². The fourth-order valence-electron chi connectivity index (χ4n) is 2.70. The van der Waals surface area contributed by atoms with E-state index in [4.69, 9.17) is 10.5 Å². The summed E-state index contributed by atoms with van der Waals surface area (Å²) in [5.41, 5.74) is 6.89. The molecular weight excluding hydrogens is 254 g/mol. The van der Waals surface area contributed by atoms with Crippen molar-refractivity contribution in [3.8, 4) is 5.75 Å². The average Bonchev–Trinajstić information content (AvgIpc) is 2.45. The molecule has 5 nitrogen and oxygen atoms in total. The molecule has 20 heavy (non-hydrogen) atoms. The second kappa shape index (κ2) is 6.13. The molecule has 0 radical (unpaired) electrons. The number of nitrogens with zero attached hydrogens (tertiary/aromatic N) is 2. The van der Waals surface area contributed by atoms with Gasteiger partial charge in [0.15, 0.2) is 0 Å². The van der Waals surface area contributed by atoms with E-state index in [1.54, 1.807) is 25.3 Å². The van der Waals surface area contributed by atoms with Crippen LogP contribution in [-0.4, -0.2) is 56.0 Å². The van der Waals surface area contributed by atoms with Crippen LogP contribution in [0.1, 0.15) is 23.2 Å². The third-order valence-electron chi connectivity index (χ3n) is 3.92. The summed E-state index contributed by atoms with van der Waals surface area (Å²) >= 11 is 0. The van der Waals surface area contributed by atoms with Gasteiger partial charge in [-0.15, -0.1) is 0 Å². The van der Waals surface area contributed by atoms with Gasteiger partial charge in [0.2, 0.25) is 0 Å². The van der Waals surface area contributed by atoms with Gasteiger partial charge >= 0.3 is 0 Å². The highest BCUT2D eigenvalue weighted by atomic mass is 16.5. The SMILES string of the molecule is COc1cc(N)ccc1C(=O)N(C)C1CCCN(C)C1. The Balaban J connectivity index is 2.18. The molecule has 0 saturated carbocycles. The van der Waals surface area contributed by atoms with Crippen LogP contribution in [0.3, 0.4) is 0 Å². The lowest BCUT2D eigenvalue weighted by atomic mass is 10.0. The van der Waals surface area contributed by atoms with Crippen LogP contribution in [0.5, 0.6) is 5.75 Å². The molecule has 1 saturated heterocycles. The number of carbonyl (C=O) groups is 1. The number of carbonyl (C=O) groups excluding carboxylic acids is 1. The molecule has 0 aliphatic carbocycles. The zero-order valence-corrected chi connectivity index (χ0v) is 12.4. The fourth-order valence-corrected chi connectivity index (χ4v) is 2.70. The van der Waals surface area contributed by atoms with Gasteiger partial charge in [-0.25, -0.2) is 0 Å². The van der Waals surface area contributed by atoms with E-state index in [0.717, 1.165) is 25.9 Å². The van der Waals surface area contributed by atoms with E-state index in [1.807, 2.05) is 11.9 Å². The Kier molecular flexibility index (Phi) is 4.49. The Hall–Kier alpha value is -1.75. The summed E-state index contributed by atoms with van der Waals surface area (Å²) in [6.07, 6.45) is 2.17. The van der Waals surface area contributed by atoms with Crippen molar-refractivity contribution in [3.05, 3.63) is 23.8 Å². The number of anilines is 1. The molecule has 5 heteroatoms. The molecule has 2 rings (SSSR count). The second-order valence-electron chi connectivity index (χ2n) is 5.43. The summed E-state index contributed by atoms with van der Waals surface area (Å²) in [4.78, 5) is 16.7. The minimum absolute atomic E-state index is 0.0119. The average molecular weight is 277 g/mol. The van der Waals surface area contributed by atoms with Crippen LogP contribution in [0.15, 0.2) is 18.2 Å². The third-order valence-corrected chi connectivity index (χ3v) is 3.92. The number of hydrogen-bond donors (Lipinski definition) is 1. The summed E-state index contributed by atoms with van der Waals surface area (Å²) in [7, 11) is 5.51. The topological polar surface area (TPSA) is 58.8 Å². The Morgan fingerprint density at radius 3 is 2.90 bits per heavy atom. The van der Waals surface area contributed by atoms with Crippen molar-refractivity contribution >= 4 is 11.6 Å². The van der Waals surface area contributed by atoms with Gasteiger partial charge in [-0.05, 0) is 38.6 Å². The standard InChI is InChI=1S/C15H23N3O2/c1-17-8-4-5-12(10-17)18(2)15(19)13-7-6-11(16)9-14(13)20-3/h6-7,9,12H,4-5,8,10,16H2,1-3H3. The lowest BCUT2D eigenvalue weighted by Crippen LogP contribution is -2.47. The zero-order valence-electron chi connectivity index (χ0n) is 12.4. The number of likely N-dealkylation sites (tertiary alicyclic amines) is 1. The first kappa shape index (κ1) is 14.7. The number of ether oxygens (including phenoxy) is 1. The second-order valence-corrected chi connectivity index (χ2v) is 5.43. The highest BCUT2D eigenvalue weighted by molar-refractivity contribution is 5.97. The monoisotopic (exact) mass is 277 g/mol. The van der Waals surface area contributed by atoms with E-state index in [2.05, 4.69) is 11.9 Å². The van der Waals surface area contributed by atoms with Gasteiger partial charge in [-0.2, -0.15) is 0 Å². The molecular formula is C15H23N3O2. The largest absolute Gasteiger partial charge is 0.496 e. The summed E-state index contributed by atoms with van der Waals surface area (Å²) in [6, 6.07) is 5.41. The molecule has 1 aliphatic rings. The fraction of sp³-hybridized carbons (Fsp3) is 0.533. The van der Waals surface area contributed by atoms with E-state index < -0.39 is 0 Å². The van der Waals surface area contributed by atoms with E-state index in [0.29, 0.717) is 17.0 Å². The lowest BCUT2D eigenvalue weighted by molar-refractivity contribution is 0.0641. The Bertz CT molecular complexity index is 490. The van der Waals surface area contributed by atoms with Gasteiger partial charge in [0.25, 0.3) is 5.91 Å². The maximum Gasteiger partial charge on any atom is 0.257 e. The number of amides is 1. The molecule has 2 N–H and O–H groups in total. The Morgan fingerprint density at radius 2 is 2.25 bits per heavy atom. The number of hydrogen-bond acceptors (Lipinski definition) is 4. The van der Waals surface area contributed by atoms with E-state index in [1.165, 1.54) is 0 Å². The van der Waals surface area contributed by atoms with Crippen LogP contribution in [0.2, 0.25) is 0 Å². The number of methoxy groups -OCH3 is 1. The van der Waals surface area contributed by atoms with Crippen LogP contribution >= 0.6 is 0 Å². The van der Waals surface area contributed by atoms with Crippen molar-refractivity contribution < 1.29 is 9.53 Å².